The summed E-state index contributed by atoms with van der Waals surface area (Å²) in [4.78, 5) is 0. The van der Waals surface area contributed by atoms with Gasteiger partial charge in [0.1, 0.15) is 0 Å². The zero-order valence-electron chi connectivity index (χ0n) is 7.09. The number of benzene rings is 1. The molecule has 0 aliphatic rings. The smallest absolute Gasteiger partial charge is 0.0711 e. The number of hydrogen-bond donors (Lipinski definition) is 1. The maximum absolute atomic E-state index is 5.55. The molecule has 0 fully saturated rings. The summed E-state index contributed by atoms with van der Waals surface area (Å²) in [7, 11) is 0. The minimum Gasteiger partial charge on any atom is -0.330 e. The minimum atomic E-state index is 0.715. The van der Waals surface area contributed by atoms with Crippen molar-refractivity contribution < 1.29 is 0 Å². The molecule has 0 amide bonds. The van der Waals surface area contributed by atoms with Gasteiger partial charge < -0.3 is 5.73 Å². The molecule has 3 heteroatoms. The first kappa shape index (κ1) is 9.19. The Balaban J connectivity index is 2.60. The van der Waals surface area contributed by atoms with Gasteiger partial charge in [-0.05, 0) is 52.0 Å². The van der Waals surface area contributed by atoms with Crippen LogP contribution in [-0.4, -0.2) is 6.54 Å². The quantitative estimate of drug-likeness (QED) is 0.877. The molecule has 0 saturated heterocycles. The van der Waals surface area contributed by atoms with Gasteiger partial charge >= 0.3 is 0 Å². The standard InChI is InChI=1S/C10H10BrNS/c11-10-6-8-7(4-5-12)2-1-3-9(8)13-10/h1-3,6H,4-5,12H2. The first-order valence-electron chi connectivity index (χ1n) is 4.18. The van der Waals surface area contributed by atoms with Gasteiger partial charge in [-0.2, -0.15) is 0 Å². The lowest BCUT2D eigenvalue weighted by molar-refractivity contribution is 0.978. The molecule has 0 saturated carbocycles. The highest BCUT2D eigenvalue weighted by Gasteiger charge is 2.03. The molecule has 0 spiro atoms. The Morgan fingerprint density at radius 1 is 1.38 bits per heavy atom. The summed E-state index contributed by atoms with van der Waals surface area (Å²) < 4.78 is 2.52. The first-order chi connectivity index (χ1) is 6.31. The molecule has 1 heterocycles. The van der Waals surface area contributed by atoms with E-state index >= 15 is 0 Å². The number of halogens is 1. The molecule has 2 rings (SSSR count). The number of fused-ring (bicyclic) bond motifs is 1. The van der Waals surface area contributed by atoms with Gasteiger partial charge in [0.15, 0.2) is 0 Å². The normalized spacial score (nSPS) is 10.9. The van der Waals surface area contributed by atoms with Crippen molar-refractivity contribution in [2.75, 3.05) is 6.54 Å². The van der Waals surface area contributed by atoms with Gasteiger partial charge in [0.05, 0.1) is 3.79 Å². The third-order valence-electron chi connectivity index (χ3n) is 2.04. The van der Waals surface area contributed by atoms with Crippen LogP contribution in [0.2, 0.25) is 0 Å². The topological polar surface area (TPSA) is 26.0 Å². The van der Waals surface area contributed by atoms with Crippen LogP contribution < -0.4 is 5.73 Å². The molecule has 0 aliphatic carbocycles. The molecule has 2 aromatic rings. The lowest BCUT2D eigenvalue weighted by Crippen LogP contribution is -2.02. The van der Waals surface area contributed by atoms with Crippen molar-refractivity contribution in [1.29, 1.82) is 0 Å². The molecule has 68 valence electrons. The van der Waals surface area contributed by atoms with Crippen LogP contribution in [0.4, 0.5) is 0 Å². The fraction of sp³-hybridized carbons (Fsp3) is 0.200. The van der Waals surface area contributed by atoms with Crippen molar-refractivity contribution >= 4 is 37.4 Å². The minimum absolute atomic E-state index is 0.715. The highest BCUT2D eigenvalue weighted by molar-refractivity contribution is 9.11. The predicted molar refractivity (Wildman–Crippen MR) is 62.3 cm³/mol. The number of nitrogens with two attached hydrogens (primary N) is 1. The lowest BCUT2D eigenvalue weighted by Gasteiger charge is -1.99. The predicted octanol–water partition coefficient (Wildman–Crippen LogP) is 3.17. The van der Waals surface area contributed by atoms with Crippen molar-refractivity contribution in [3.8, 4) is 0 Å². The Kier molecular flexibility index (Phi) is 2.67. The van der Waals surface area contributed by atoms with Gasteiger partial charge in [0, 0.05) is 4.70 Å². The first-order valence-corrected chi connectivity index (χ1v) is 5.79. The molecule has 13 heavy (non-hydrogen) atoms. The van der Waals surface area contributed by atoms with Crippen LogP contribution in [-0.2, 0) is 6.42 Å². The molecular weight excluding hydrogens is 246 g/mol. The summed E-state index contributed by atoms with van der Waals surface area (Å²) >= 11 is 5.27. The van der Waals surface area contributed by atoms with Crippen LogP contribution in [0.15, 0.2) is 28.1 Å². The van der Waals surface area contributed by atoms with Crippen molar-refractivity contribution in [1.82, 2.24) is 0 Å². The molecule has 2 N–H and O–H groups in total. The highest BCUT2D eigenvalue weighted by Crippen LogP contribution is 2.31. The Hall–Kier alpha value is -0.380. The van der Waals surface area contributed by atoms with E-state index < -0.39 is 0 Å². The fourth-order valence-corrected chi connectivity index (χ4v) is 3.05. The fourth-order valence-electron chi connectivity index (χ4n) is 1.46. The molecule has 0 radical (unpaired) electrons. The summed E-state index contributed by atoms with van der Waals surface area (Å²) in [5.41, 5.74) is 6.90. The summed E-state index contributed by atoms with van der Waals surface area (Å²) in [5, 5.41) is 1.34. The van der Waals surface area contributed by atoms with E-state index in [2.05, 4.69) is 40.2 Å². The van der Waals surface area contributed by atoms with E-state index in [0.29, 0.717) is 6.54 Å². The van der Waals surface area contributed by atoms with Gasteiger partial charge in [-0.1, -0.05) is 12.1 Å². The average Bonchev–Trinajstić information content (AvgIpc) is 2.47. The molecule has 0 unspecified atom stereocenters. The van der Waals surface area contributed by atoms with E-state index in [0.717, 1.165) is 6.42 Å². The summed E-state index contributed by atoms with van der Waals surface area (Å²) in [6, 6.07) is 8.56. The molecular formula is C10H10BrNS. The van der Waals surface area contributed by atoms with E-state index in [1.165, 1.54) is 19.4 Å². The summed E-state index contributed by atoms with van der Waals surface area (Å²) in [6.07, 6.45) is 0.959. The summed E-state index contributed by atoms with van der Waals surface area (Å²) in [5.74, 6) is 0. The Labute approximate surface area is 89.7 Å². The molecule has 1 nitrogen and oxygen atoms in total. The maximum Gasteiger partial charge on any atom is 0.0711 e. The van der Waals surface area contributed by atoms with E-state index in [1.807, 2.05) is 0 Å². The van der Waals surface area contributed by atoms with Crippen molar-refractivity contribution in [3.63, 3.8) is 0 Å². The van der Waals surface area contributed by atoms with Gasteiger partial charge in [-0.15, -0.1) is 11.3 Å². The number of hydrogen-bond acceptors (Lipinski definition) is 2. The largest absolute Gasteiger partial charge is 0.330 e. The monoisotopic (exact) mass is 255 g/mol. The summed E-state index contributed by atoms with van der Waals surface area (Å²) in [6.45, 7) is 0.715. The molecule has 1 aromatic carbocycles. The number of thiophene rings is 1. The molecule has 0 atom stereocenters. The SMILES string of the molecule is NCCc1cccc2sc(Br)cc12. The third kappa shape index (κ3) is 1.77. The molecule has 1 aromatic heterocycles. The molecule has 0 aliphatic heterocycles. The highest BCUT2D eigenvalue weighted by atomic mass is 79.9. The second-order valence-electron chi connectivity index (χ2n) is 2.92. The van der Waals surface area contributed by atoms with Gasteiger partial charge in [-0.25, -0.2) is 0 Å². The van der Waals surface area contributed by atoms with E-state index in [-0.39, 0.29) is 0 Å². The zero-order valence-corrected chi connectivity index (χ0v) is 9.49. The van der Waals surface area contributed by atoms with Crippen LogP contribution in [0.5, 0.6) is 0 Å². The number of rotatable bonds is 2. The van der Waals surface area contributed by atoms with Crippen LogP contribution in [0.1, 0.15) is 5.56 Å². The van der Waals surface area contributed by atoms with Crippen LogP contribution >= 0.6 is 27.3 Å². The van der Waals surface area contributed by atoms with Gasteiger partial charge in [-0.3, -0.25) is 0 Å². The van der Waals surface area contributed by atoms with Crippen LogP contribution in [0.25, 0.3) is 10.1 Å². The zero-order chi connectivity index (χ0) is 9.26. The van der Waals surface area contributed by atoms with Crippen LogP contribution in [0, 0.1) is 0 Å². The van der Waals surface area contributed by atoms with Crippen molar-refractivity contribution in [2.45, 2.75) is 6.42 Å². The third-order valence-corrected chi connectivity index (χ3v) is 3.64. The van der Waals surface area contributed by atoms with E-state index in [1.54, 1.807) is 11.3 Å². The average molecular weight is 256 g/mol. The Morgan fingerprint density at radius 3 is 3.00 bits per heavy atom. The van der Waals surface area contributed by atoms with E-state index in [9.17, 15) is 0 Å². The Bertz CT molecular complexity index is 422. The molecule has 0 bridgehead atoms. The van der Waals surface area contributed by atoms with Crippen molar-refractivity contribution in [2.24, 2.45) is 5.73 Å². The maximum atomic E-state index is 5.55. The van der Waals surface area contributed by atoms with Gasteiger partial charge in [0.25, 0.3) is 0 Å². The van der Waals surface area contributed by atoms with Gasteiger partial charge in [0.2, 0.25) is 0 Å². The second-order valence-corrected chi connectivity index (χ2v) is 5.38. The second kappa shape index (κ2) is 3.78. The van der Waals surface area contributed by atoms with Crippen molar-refractivity contribution in [3.05, 3.63) is 33.6 Å². The van der Waals surface area contributed by atoms with Crippen LogP contribution in [0.3, 0.4) is 0 Å². The van der Waals surface area contributed by atoms with E-state index in [4.69, 9.17) is 5.73 Å². The Morgan fingerprint density at radius 2 is 2.23 bits per heavy atom. The lowest BCUT2D eigenvalue weighted by atomic mass is 10.1.